The van der Waals surface area contributed by atoms with Crippen molar-refractivity contribution in [2.24, 2.45) is 0 Å². The van der Waals surface area contributed by atoms with Gasteiger partial charge in [-0.1, -0.05) is 0 Å². The number of anilines is 1. The van der Waals surface area contributed by atoms with Gasteiger partial charge < -0.3 is 10.2 Å². The third-order valence-corrected chi connectivity index (χ3v) is 1.46. The van der Waals surface area contributed by atoms with Crippen LogP contribution in [0.5, 0.6) is 0 Å². The number of aromatic nitrogens is 2. The maximum atomic E-state index is 5.41. The highest BCUT2D eigenvalue weighted by atomic mass is 16.4. The lowest BCUT2D eigenvalue weighted by atomic mass is 10.3. The lowest BCUT2D eigenvalue weighted by Crippen LogP contribution is -1.81. The highest BCUT2D eigenvalue weighted by molar-refractivity contribution is 5.53. The second-order valence-corrected chi connectivity index (χ2v) is 2.30. The quantitative estimate of drug-likeness (QED) is 0.685. The van der Waals surface area contributed by atoms with E-state index >= 15 is 0 Å². The fourth-order valence-electron chi connectivity index (χ4n) is 0.927. The van der Waals surface area contributed by atoms with Crippen molar-refractivity contribution in [1.29, 1.82) is 0 Å². The summed E-state index contributed by atoms with van der Waals surface area (Å²) >= 11 is 0. The van der Waals surface area contributed by atoms with Crippen LogP contribution >= 0.6 is 0 Å². The van der Waals surface area contributed by atoms with Crippen molar-refractivity contribution < 1.29 is 4.42 Å². The molecule has 2 N–H and O–H groups in total. The molecule has 0 saturated heterocycles. The zero-order valence-corrected chi connectivity index (χ0v) is 6.27. The SMILES string of the molecule is Nc1ccc(-c2ccncn2)o1. The van der Waals surface area contributed by atoms with Gasteiger partial charge in [0.25, 0.3) is 0 Å². The summed E-state index contributed by atoms with van der Waals surface area (Å²) in [6.45, 7) is 0. The number of nitrogens with two attached hydrogens (primary N) is 1. The summed E-state index contributed by atoms with van der Waals surface area (Å²) in [6, 6.07) is 5.23. The Bertz CT molecular complexity index is 369. The molecule has 2 heterocycles. The molecule has 0 fully saturated rings. The standard InChI is InChI=1S/C8H7N3O/c9-8-2-1-7(12-8)6-3-4-10-5-11-6/h1-5H,9H2. The van der Waals surface area contributed by atoms with E-state index in [1.165, 1.54) is 6.33 Å². The van der Waals surface area contributed by atoms with Gasteiger partial charge in [0.05, 0.1) is 0 Å². The van der Waals surface area contributed by atoms with E-state index in [-0.39, 0.29) is 0 Å². The van der Waals surface area contributed by atoms with Gasteiger partial charge in [-0.15, -0.1) is 0 Å². The maximum Gasteiger partial charge on any atom is 0.191 e. The number of nitrogens with zero attached hydrogens (tertiary/aromatic N) is 2. The largest absolute Gasteiger partial charge is 0.439 e. The van der Waals surface area contributed by atoms with E-state index in [4.69, 9.17) is 10.2 Å². The molecule has 0 aliphatic heterocycles. The molecule has 0 aliphatic rings. The van der Waals surface area contributed by atoms with Gasteiger partial charge in [-0.3, -0.25) is 0 Å². The van der Waals surface area contributed by atoms with Crippen LogP contribution < -0.4 is 5.73 Å². The number of hydrogen-bond donors (Lipinski definition) is 1. The molecule has 4 heteroatoms. The molecule has 0 unspecified atom stereocenters. The van der Waals surface area contributed by atoms with Gasteiger partial charge in [-0.05, 0) is 12.1 Å². The second kappa shape index (κ2) is 2.65. The van der Waals surface area contributed by atoms with Gasteiger partial charge in [-0.25, -0.2) is 9.97 Å². The maximum absolute atomic E-state index is 5.41. The summed E-state index contributed by atoms with van der Waals surface area (Å²) in [6.07, 6.45) is 3.12. The first-order valence-corrected chi connectivity index (χ1v) is 3.48. The fourth-order valence-corrected chi connectivity index (χ4v) is 0.927. The first kappa shape index (κ1) is 6.84. The average molecular weight is 161 g/mol. The van der Waals surface area contributed by atoms with Crippen LogP contribution in [0, 0.1) is 0 Å². The van der Waals surface area contributed by atoms with E-state index in [2.05, 4.69) is 9.97 Å². The predicted octanol–water partition coefficient (Wildman–Crippen LogP) is 1.32. The molecule has 0 radical (unpaired) electrons. The first-order chi connectivity index (χ1) is 5.86. The van der Waals surface area contributed by atoms with Gasteiger partial charge in [-0.2, -0.15) is 0 Å². The van der Waals surface area contributed by atoms with E-state index in [0.717, 1.165) is 5.69 Å². The lowest BCUT2D eigenvalue weighted by Gasteiger charge is -1.91. The van der Waals surface area contributed by atoms with E-state index in [0.29, 0.717) is 11.6 Å². The van der Waals surface area contributed by atoms with Crippen LogP contribution in [0.2, 0.25) is 0 Å². The van der Waals surface area contributed by atoms with Crippen molar-refractivity contribution in [2.45, 2.75) is 0 Å². The molecular formula is C8H7N3O. The molecule has 0 bridgehead atoms. The number of nitrogen functional groups attached to an aromatic ring is 1. The van der Waals surface area contributed by atoms with Crippen LogP contribution in [0.4, 0.5) is 5.88 Å². The first-order valence-electron chi connectivity index (χ1n) is 3.48. The summed E-state index contributed by atoms with van der Waals surface area (Å²) < 4.78 is 5.16. The Labute approximate surface area is 69.1 Å². The van der Waals surface area contributed by atoms with Gasteiger partial charge in [0.2, 0.25) is 0 Å². The monoisotopic (exact) mass is 161 g/mol. The van der Waals surface area contributed by atoms with Gasteiger partial charge in [0.15, 0.2) is 11.6 Å². The lowest BCUT2D eigenvalue weighted by molar-refractivity contribution is 0.600. The summed E-state index contributed by atoms with van der Waals surface area (Å²) in [5.41, 5.74) is 6.14. The van der Waals surface area contributed by atoms with E-state index in [1.807, 2.05) is 0 Å². The Balaban J connectivity index is 2.45. The highest BCUT2D eigenvalue weighted by Crippen LogP contribution is 2.19. The third kappa shape index (κ3) is 1.14. The van der Waals surface area contributed by atoms with Crippen LogP contribution in [0.15, 0.2) is 35.1 Å². The minimum atomic E-state index is 0.392. The molecular weight excluding hydrogens is 154 g/mol. The number of furan rings is 1. The smallest absolute Gasteiger partial charge is 0.191 e. The van der Waals surface area contributed by atoms with Crippen LogP contribution in [0.1, 0.15) is 0 Å². The molecule has 0 atom stereocenters. The van der Waals surface area contributed by atoms with Crippen molar-refractivity contribution in [3.05, 3.63) is 30.7 Å². The molecule has 0 spiro atoms. The minimum Gasteiger partial charge on any atom is -0.439 e. The van der Waals surface area contributed by atoms with Gasteiger partial charge in [0, 0.05) is 12.3 Å². The topological polar surface area (TPSA) is 64.9 Å². The number of hydrogen-bond acceptors (Lipinski definition) is 4. The highest BCUT2D eigenvalue weighted by Gasteiger charge is 2.01. The zero-order chi connectivity index (χ0) is 8.39. The van der Waals surface area contributed by atoms with Crippen LogP contribution in [0.25, 0.3) is 11.5 Å². The molecule has 0 aromatic carbocycles. The van der Waals surface area contributed by atoms with Crippen molar-refractivity contribution in [2.75, 3.05) is 5.73 Å². The Morgan fingerprint density at radius 2 is 2.17 bits per heavy atom. The Morgan fingerprint density at radius 1 is 1.25 bits per heavy atom. The molecule has 12 heavy (non-hydrogen) atoms. The average Bonchev–Trinajstić information content (AvgIpc) is 2.54. The normalized spacial score (nSPS) is 10.0. The van der Waals surface area contributed by atoms with Crippen molar-refractivity contribution in [3.63, 3.8) is 0 Å². The van der Waals surface area contributed by atoms with Crippen molar-refractivity contribution in [1.82, 2.24) is 9.97 Å². The van der Waals surface area contributed by atoms with Crippen molar-refractivity contribution >= 4 is 5.88 Å². The van der Waals surface area contributed by atoms with E-state index in [9.17, 15) is 0 Å². The fraction of sp³-hybridized carbons (Fsp3) is 0. The molecule has 2 aromatic rings. The third-order valence-electron chi connectivity index (χ3n) is 1.46. The van der Waals surface area contributed by atoms with Crippen LogP contribution in [-0.4, -0.2) is 9.97 Å². The van der Waals surface area contributed by atoms with Crippen LogP contribution in [0.3, 0.4) is 0 Å². The minimum absolute atomic E-state index is 0.392. The van der Waals surface area contributed by atoms with Crippen LogP contribution in [-0.2, 0) is 0 Å². The summed E-state index contributed by atoms with van der Waals surface area (Å²) in [5.74, 6) is 1.05. The summed E-state index contributed by atoms with van der Waals surface area (Å²) in [5, 5.41) is 0. The molecule has 2 aromatic heterocycles. The molecule has 4 nitrogen and oxygen atoms in total. The Morgan fingerprint density at radius 3 is 2.75 bits per heavy atom. The molecule has 0 amide bonds. The summed E-state index contributed by atoms with van der Waals surface area (Å²) in [7, 11) is 0. The second-order valence-electron chi connectivity index (χ2n) is 2.30. The van der Waals surface area contributed by atoms with E-state index in [1.54, 1.807) is 24.4 Å². The van der Waals surface area contributed by atoms with Gasteiger partial charge >= 0.3 is 0 Å². The Hall–Kier alpha value is -1.84. The predicted molar refractivity (Wildman–Crippen MR) is 44.1 cm³/mol. The van der Waals surface area contributed by atoms with Gasteiger partial charge in [0.1, 0.15) is 12.0 Å². The van der Waals surface area contributed by atoms with E-state index < -0.39 is 0 Å². The number of rotatable bonds is 1. The molecule has 0 aliphatic carbocycles. The van der Waals surface area contributed by atoms with Crippen molar-refractivity contribution in [3.8, 4) is 11.5 Å². The zero-order valence-electron chi connectivity index (χ0n) is 6.27. The summed E-state index contributed by atoms with van der Waals surface area (Å²) in [4.78, 5) is 7.80. The molecule has 60 valence electrons. The Kier molecular flexibility index (Phi) is 1.51. The molecule has 0 saturated carbocycles. The molecule has 2 rings (SSSR count).